The molecule has 1 nitrogen and oxygen atoms in total. The van der Waals surface area contributed by atoms with Gasteiger partial charge in [-0.15, -0.1) is 0 Å². The van der Waals surface area contributed by atoms with Crippen molar-refractivity contribution in [3.63, 3.8) is 0 Å². The Labute approximate surface area is 264 Å². The van der Waals surface area contributed by atoms with Gasteiger partial charge in [0.25, 0.3) is 0 Å². The highest BCUT2D eigenvalue weighted by Gasteiger charge is 2.23. The highest BCUT2D eigenvalue weighted by atomic mass is 15.1. The fraction of sp³-hybridized carbons (Fsp3) is 0. The topological polar surface area (TPSA) is 3.24 Å². The zero-order valence-electron chi connectivity index (χ0n) is 24.8. The lowest BCUT2D eigenvalue weighted by atomic mass is 9.90. The maximum atomic E-state index is 2.45. The van der Waals surface area contributed by atoms with Gasteiger partial charge in [0.1, 0.15) is 0 Å². The van der Waals surface area contributed by atoms with E-state index < -0.39 is 0 Å². The van der Waals surface area contributed by atoms with Crippen molar-refractivity contribution in [2.24, 2.45) is 0 Å². The van der Waals surface area contributed by atoms with Gasteiger partial charge in [0, 0.05) is 22.3 Å². The van der Waals surface area contributed by atoms with E-state index in [4.69, 9.17) is 0 Å². The van der Waals surface area contributed by atoms with Crippen LogP contribution < -0.4 is 4.90 Å². The Bertz CT molecular complexity index is 2140. The van der Waals surface area contributed by atoms with Gasteiger partial charge in [-0.25, -0.2) is 0 Å². The van der Waals surface area contributed by atoms with Gasteiger partial charge in [-0.2, -0.15) is 0 Å². The lowest BCUT2D eigenvalue weighted by Gasteiger charge is -2.31. The van der Waals surface area contributed by atoms with E-state index in [1.807, 2.05) is 0 Å². The molecule has 1 heteroatoms. The molecule has 0 unspecified atom stereocenters. The molecule has 8 rings (SSSR count). The molecule has 0 spiro atoms. The van der Waals surface area contributed by atoms with E-state index in [1.54, 1.807) is 0 Å². The first-order chi connectivity index (χ1) is 22.3. The summed E-state index contributed by atoms with van der Waals surface area (Å²) in [5.74, 6) is 0. The minimum Gasteiger partial charge on any atom is -0.309 e. The molecule has 0 aliphatic carbocycles. The van der Waals surface area contributed by atoms with Crippen LogP contribution in [-0.4, -0.2) is 0 Å². The number of nitrogens with zero attached hydrogens (tertiary/aromatic N) is 1. The highest BCUT2D eigenvalue weighted by molar-refractivity contribution is 6.22. The van der Waals surface area contributed by atoms with E-state index in [0.717, 1.165) is 11.4 Å². The van der Waals surface area contributed by atoms with Crippen LogP contribution >= 0.6 is 0 Å². The molecule has 8 aromatic carbocycles. The Morgan fingerprint density at radius 2 is 0.578 bits per heavy atom. The fourth-order valence-corrected chi connectivity index (χ4v) is 6.53. The van der Waals surface area contributed by atoms with E-state index in [1.165, 1.54) is 60.6 Å². The molecule has 0 saturated carbocycles. The lowest BCUT2D eigenvalue weighted by molar-refractivity contribution is 1.30. The molecule has 0 N–H and O–H groups in total. The average molecular weight is 574 g/mol. The minimum atomic E-state index is 1.11. The van der Waals surface area contributed by atoms with E-state index in [2.05, 4.69) is 193 Å². The van der Waals surface area contributed by atoms with Gasteiger partial charge in [0.2, 0.25) is 0 Å². The van der Waals surface area contributed by atoms with Gasteiger partial charge < -0.3 is 4.90 Å². The average Bonchev–Trinajstić information content (AvgIpc) is 3.13. The Morgan fingerprint density at radius 1 is 0.244 bits per heavy atom. The summed E-state index contributed by atoms with van der Waals surface area (Å²) in [7, 11) is 0. The second kappa shape index (κ2) is 11.6. The van der Waals surface area contributed by atoms with E-state index in [-0.39, 0.29) is 0 Å². The van der Waals surface area contributed by atoms with E-state index in [0.29, 0.717) is 0 Å². The molecule has 8 aromatic rings. The van der Waals surface area contributed by atoms with Gasteiger partial charge in [0.05, 0.1) is 5.69 Å². The largest absolute Gasteiger partial charge is 0.309 e. The van der Waals surface area contributed by atoms with Crippen LogP contribution in [0.15, 0.2) is 188 Å². The van der Waals surface area contributed by atoms with Gasteiger partial charge in [-0.3, -0.25) is 0 Å². The first-order valence-corrected chi connectivity index (χ1v) is 15.5. The summed E-state index contributed by atoms with van der Waals surface area (Å²) in [6.45, 7) is 0. The summed E-state index contributed by atoms with van der Waals surface area (Å²) < 4.78 is 0. The van der Waals surface area contributed by atoms with Gasteiger partial charge in [0.15, 0.2) is 0 Å². The molecule has 0 fully saturated rings. The van der Waals surface area contributed by atoms with Crippen LogP contribution in [0.4, 0.5) is 17.1 Å². The first kappa shape index (κ1) is 26.7. The fourth-order valence-electron chi connectivity index (χ4n) is 6.53. The van der Waals surface area contributed by atoms with Crippen molar-refractivity contribution in [2.45, 2.75) is 0 Å². The van der Waals surface area contributed by atoms with Gasteiger partial charge >= 0.3 is 0 Å². The molecular formula is C44H31N. The molecule has 0 bridgehead atoms. The third-order valence-electron chi connectivity index (χ3n) is 8.66. The summed E-state index contributed by atoms with van der Waals surface area (Å²) in [5.41, 5.74) is 10.6. The summed E-state index contributed by atoms with van der Waals surface area (Å²) in [5, 5.41) is 4.96. The third kappa shape index (κ3) is 4.95. The van der Waals surface area contributed by atoms with E-state index >= 15 is 0 Å². The Kier molecular flexibility index (Phi) is 6.90. The van der Waals surface area contributed by atoms with Crippen molar-refractivity contribution in [1.29, 1.82) is 0 Å². The molecule has 0 heterocycles. The highest BCUT2D eigenvalue weighted by Crippen LogP contribution is 2.49. The summed E-state index contributed by atoms with van der Waals surface area (Å²) >= 11 is 0. The van der Waals surface area contributed by atoms with Crippen LogP contribution in [0.3, 0.4) is 0 Å². The molecule has 0 saturated heterocycles. The third-order valence-corrected chi connectivity index (χ3v) is 8.66. The quantitative estimate of drug-likeness (QED) is 0.179. The maximum absolute atomic E-state index is 2.45. The molecule has 0 aromatic heterocycles. The lowest BCUT2D eigenvalue weighted by Crippen LogP contribution is -2.12. The van der Waals surface area contributed by atoms with Crippen LogP contribution in [0, 0.1) is 0 Å². The molecule has 0 aliphatic rings. The zero-order valence-corrected chi connectivity index (χ0v) is 24.8. The van der Waals surface area contributed by atoms with E-state index in [9.17, 15) is 0 Å². The van der Waals surface area contributed by atoms with Crippen LogP contribution in [0.5, 0.6) is 0 Å². The number of hydrogen-bond donors (Lipinski definition) is 0. The van der Waals surface area contributed by atoms with Gasteiger partial charge in [-0.1, -0.05) is 164 Å². The Hall–Kier alpha value is -5.92. The standard InChI is InChI=1S/C44H31N/c1-4-14-32(15-5-1)34-24-28-37(29-25-34)45(38-30-26-35(27-31-38)33-16-6-2-7-17-33)44-42-23-13-11-21-40(42)39-20-10-12-22-41(39)43(44)36-18-8-3-9-19-36/h1-31H. The van der Waals surface area contributed by atoms with Crippen molar-refractivity contribution < 1.29 is 0 Å². The number of benzene rings is 8. The number of hydrogen-bond acceptors (Lipinski definition) is 1. The Balaban J connectivity index is 1.42. The molecule has 0 amide bonds. The minimum absolute atomic E-state index is 1.11. The smallest absolute Gasteiger partial charge is 0.0624 e. The molecule has 0 atom stereocenters. The number of rotatable bonds is 6. The van der Waals surface area contributed by atoms with Crippen molar-refractivity contribution in [3.8, 4) is 33.4 Å². The summed E-state index contributed by atoms with van der Waals surface area (Å²) in [6.07, 6.45) is 0. The van der Waals surface area contributed by atoms with Crippen molar-refractivity contribution in [1.82, 2.24) is 0 Å². The monoisotopic (exact) mass is 573 g/mol. The van der Waals surface area contributed by atoms with Crippen LogP contribution in [0.2, 0.25) is 0 Å². The zero-order chi connectivity index (χ0) is 30.0. The van der Waals surface area contributed by atoms with Crippen molar-refractivity contribution in [3.05, 3.63) is 188 Å². The molecule has 45 heavy (non-hydrogen) atoms. The predicted molar refractivity (Wildman–Crippen MR) is 192 cm³/mol. The Morgan fingerprint density at radius 3 is 1.04 bits per heavy atom. The number of fused-ring (bicyclic) bond motifs is 3. The second-order valence-corrected chi connectivity index (χ2v) is 11.3. The maximum Gasteiger partial charge on any atom is 0.0624 e. The van der Waals surface area contributed by atoms with Crippen LogP contribution in [0.25, 0.3) is 54.9 Å². The first-order valence-electron chi connectivity index (χ1n) is 15.5. The normalized spacial score (nSPS) is 11.1. The van der Waals surface area contributed by atoms with Crippen LogP contribution in [-0.2, 0) is 0 Å². The number of anilines is 3. The second-order valence-electron chi connectivity index (χ2n) is 11.3. The molecular weight excluding hydrogens is 542 g/mol. The van der Waals surface area contributed by atoms with Crippen molar-refractivity contribution in [2.75, 3.05) is 4.90 Å². The predicted octanol–water partition coefficient (Wildman–Crippen LogP) is 12.5. The molecule has 0 radical (unpaired) electrons. The summed E-state index contributed by atoms with van der Waals surface area (Å²) in [4.78, 5) is 2.45. The molecule has 0 aliphatic heterocycles. The summed E-state index contributed by atoms with van der Waals surface area (Å²) in [6, 6.07) is 67.6. The molecule has 212 valence electrons. The van der Waals surface area contributed by atoms with Crippen molar-refractivity contribution >= 4 is 38.6 Å². The van der Waals surface area contributed by atoms with Gasteiger partial charge in [-0.05, 0) is 68.2 Å². The SMILES string of the molecule is c1ccc(-c2ccc(N(c3ccc(-c4ccccc4)cc3)c3c(-c4ccccc4)c4ccccc4c4ccccc34)cc2)cc1. The van der Waals surface area contributed by atoms with Crippen LogP contribution in [0.1, 0.15) is 0 Å².